The Kier molecular flexibility index (Phi) is 4.18. The quantitative estimate of drug-likeness (QED) is 0.700. The van der Waals surface area contributed by atoms with Gasteiger partial charge in [-0.05, 0) is 12.5 Å². The molecule has 0 aromatic heterocycles. The second kappa shape index (κ2) is 5.43. The second-order valence-electron chi connectivity index (χ2n) is 3.20. The molecule has 14 heavy (non-hydrogen) atoms. The molecule has 0 radical (unpaired) electrons. The Morgan fingerprint density at radius 1 is 1.43 bits per heavy atom. The van der Waals surface area contributed by atoms with Crippen molar-refractivity contribution in [1.82, 2.24) is 5.32 Å². The highest BCUT2D eigenvalue weighted by molar-refractivity contribution is 5.19. The second-order valence-corrected chi connectivity index (χ2v) is 3.20. The van der Waals surface area contributed by atoms with Crippen LogP contribution in [-0.2, 0) is 0 Å². The summed E-state index contributed by atoms with van der Waals surface area (Å²) in [7, 11) is 0. The van der Waals surface area contributed by atoms with E-state index in [2.05, 4.69) is 11.2 Å². The van der Waals surface area contributed by atoms with Crippen LogP contribution in [0.4, 0.5) is 0 Å². The lowest BCUT2D eigenvalue weighted by atomic mass is 10.1. The molecule has 0 bridgehead atoms. The molecule has 1 aromatic carbocycles. The minimum Gasteiger partial charge on any atom is -0.394 e. The van der Waals surface area contributed by atoms with Gasteiger partial charge in [0.25, 0.3) is 0 Å². The molecule has 0 fully saturated rings. The van der Waals surface area contributed by atoms with Crippen LogP contribution in [0.5, 0.6) is 0 Å². The fourth-order valence-electron chi connectivity index (χ4n) is 1.29. The molecule has 0 aliphatic heterocycles. The molecule has 0 aliphatic carbocycles. The van der Waals surface area contributed by atoms with E-state index < -0.39 is 0 Å². The van der Waals surface area contributed by atoms with E-state index in [9.17, 15) is 5.11 Å². The van der Waals surface area contributed by atoms with Crippen molar-refractivity contribution >= 4 is 0 Å². The van der Waals surface area contributed by atoms with Crippen molar-refractivity contribution in [3.05, 3.63) is 35.9 Å². The highest BCUT2D eigenvalue weighted by Gasteiger charge is 2.10. The Labute approximate surface area is 85.0 Å². The summed E-state index contributed by atoms with van der Waals surface area (Å²) >= 11 is 0. The Morgan fingerprint density at radius 3 is 2.57 bits per heavy atom. The molecule has 2 atom stereocenters. The average Bonchev–Trinajstić information content (AvgIpc) is 2.26. The molecule has 2 unspecified atom stereocenters. The SMILES string of the molecule is C#CC(C)NC(CO)c1ccccc1. The Bertz CT molecular complexity index is 302. The van der Waals surface area contributed by atoms with E-state index in [0.717, 1.165) is 5.56 Å². The van der Waals surface area contributed by atoms with Crippen LogP contribution in [-0.4, -0.2) is 17.8 Å². The number of terminal acetylenes is 1. The third-order valence-electron chi connectivity index (χ3n) is 2.09. The van der Waals surface area contributed by atoms with Gasteiger partial charge in [0.05, 0.1) is 18.7 Å². The fraction of sp³-hybridized carbons (Fsp3) is 0.333. The number of aliphatic hydroxyl groups excluding tert-OH is 1. The Hall–Kier alpha value is -1.30. The minimum atomic E-state index is -0.0813. The van der Waals surface area contributed by atoms with Gasteiger partial charge in [0.1, 0.15) is 0 Å². The van der Waals surface area contributed by atoms with E-state index in [1.54, 1.807) is 0 Å². The zero-order valence-corrected chi connectivity index (χ0v) is 8.27. The molecular weight excluding hydrogens is 174 g/mol. The number of aliphatic hydroxyl groups is 1. The van der Waals surface area contributed by atoms with Crippen LogP contribution in [0.25, 0.3) is 0 Å². The third kappa shape index (κ3) is 2.88. The highest BCUT2D eigenvalue weighted by Crippen LogP contribution is 2.11. The van der Waals surface area contributed by atoms with Gasteiger partial charge in [-0.15, -0.1) is 6.42 Å². The largest absolute Gasteiger partial charge is 0.394 e. The molecular formula is C12H15NO. The van der Waals surface area contributed by atoms with Crippen molar-refractivity contribution in [3.8, 4) is 12.3 Å². The van der Waals surface area contributed by atoms with Gasteiger partial charge in [0.2, 0.25) is 0 Å². The molecule has 2 heteroatoms. The van der Waals surface area contributed by atoms with Gasteiger partial charge in [-0.3, -0.25) is 5.32 Å². The Balaban J connectivity index is 2.69. The third-order valence-corrected chi connectivity index (χ3v) is 2.09. The number of rotatable bonds is 4. The zero-order chi connectivity index (χ0) is 10.4. The lowest BCUT2D eigenvalue weighted by molar-refractivity contribution is 0.241. The van der Waals surface area contributed by atoms with Crippen molar-refractivity contribution in [2.75, 3.05) is 6.61 Å². The Morgan fingerprint density at radius 2 is 2.07 bits per heavy atom. The molecule has 0 aliphatic rings. The van der Waals surface area contributed by atoms with Gasteiger partial charge in [-0.2, -0.15) is 0 Å². The van der Waals surface area contributed by atoms with Gasteiger partial charge in [0.15, 0.2) is 0 Å². The molecule has 0 spiro atoms. The number of hydrogen-bond donors (Lipinski definition) is 2. The first-order valence-electron chi connectivity index (χ1n) is 4.66. The van der Waals surface area contributed by atoms with Gasteiger partial charge in [0, 0.05) is 0 Å². The predicted octanol–water partition coefficient (Wildman–Crippen LogP) is 1.33. The summed E-state index contributed by atoms with van der Waals surface area (Å²) in [6.45, 7) is 1.95. The first kappa shape index (κ1) is 10.8. The molecule has 1 aromatic rings. The van der Waals surface area contributed by atoms with Crippen LogP contribution >= 0.6 is 0 Å². The van der Waals surface area contributed by atoms with E-state index in [-0.39, 0.29) is 18.7 Å². The smallest absolute Gasteiger partial charge is 0.0663 e. The van der Waals surface area contributed by atoms with Crippen molar-refractivity contribution in [2.45, 2.75) is 19.0 Å². The van der Waals surface area contributed by atoms with Gasteiger partial charge in [-0.1, -0.05) is 36.3 Å². The lowest BCUT2D eigenvalue weighted by Gasteiger charge is -2.18. The summed E-state index contributed by atoms with van der Waals surface area (Å²) in [5.41, 5.74) is 1.05. The standard InChI is InChI=1S/C12H15NO/c1-3-10(2)13-12(9-14)11-7-5-4-6-8-11/h1,4-8,10,12-14H,9H2,2H3. The van der Waals surface area contributed by atoms with E-state index in [4.69, 9.17) is 6.42 Å². The van der Waals surface area contributed by atoms with Crippen LogP contribution in [0.3, 0.4) is 0 Å². The molecule has 0 heterocycles. The predicted molar refractivity (Wildman–Crippen MR) is 57.7 cm³/mol. The van der Waals surface area contributed by atoms with Crippen molar-refractivity contribution in [1.29, 1.82) is 0 Å². The van der Waals surface area contributed by atoms with E-state index in [1.165, 1.54) is 0 Å². The van der Waals surface area contributed by atoms with E-state index in [0.29, 0.717) is 0 Å². The summed E-state index contributed by atoms with van der Waals surface area (Å²) in [6, 6.07) is 9.66. The summed E-state index contributed by atoms with van der Waals surface area (Å²) in [4.78, 5) is 0. The molecule has 0 amide bonds. The number of hydrogen-bond acceptors (Lipinski definition) is 2. The van der Waals surface area contributed by atoms with E-state index in [1.807, 2.05) is 37.3 Å². The van der Waals surface area contributed by atoms with Crippen LogP contribution < -0.4 is 5.32 Å². The van der Waals surface area contributed by atoms with Gasteiger partial charge in [-0.25, -0.2) is 0 Å². The topological polar surface area (TPSA) is 32.3 Å². The van der Waals surface area contributed by atoms with E-state index >= 15 is 0 Å². The normalized spacial score (nSPS) is 14.4. The number of benzene rings is 1. The minimum absolute atomic E-state index is 0.0349. The maximum atomic E-state index is 9.19. The molecule has 74 valence electrons. The van der Waals surface area contributed by atoms with Crippen LogP contribution in [0.15, 0.2) is 30.3 Å². The monoisotopic (exact) mass is 189 g/mol. The maximum absolute atomic E-state index is 9.19. The maximum Gasteiger partial charge on any atom is 0.0663 e. The van der Waals surface area contributed by atoms with Gasteiger partial charge < -0.3 is 5.11 Å². The number of nitrogens with one attached hydrogen (secondary N) is 1. The lowest BCUT2D eigenvalue weighted by Crippen LogP contribution is -2.31. The van der Waals surface area contributed by atoms with Crippen LogP contribution in [0.1, 0.15) is 18.5 Å². The highest BCUT2D eigenvalue weighted by atomic mass is 16.3. The summed E-state index contributed by atoms with van der Waals surface area (Å²) in [5.74, 6) is 2.58. The van der Waals surface area contributed by atoms with Crippen LogP contribution in [0.2, 0.25) is 0 Å². The molecule has 0 saturated heterocycles. The molecule has 2 nitrogen and oxygen atoms in total. The van der Waals surface area contributed by atoms with Crippen molar-refractivity contribution in [3.63, 3.8) is 0 Å². The molecule has 0 saturated carbocycles. The van der Waals surface area contributed by atoms with Crippen molar-refractivity contribution in [2.24, 2.45) is 0 Å². The summed E-state index contributed by atoms with van der Waals surface area (Å²) in [5, 5.41) is 12.3. The molecule has 2 N–H and O–H groups in total. The zero-order valence-electron chi connectivity index (χ0n) is 8.27. The first-order valence-corrected chi connectivity index (χ1v) is 4.66. The molecule has 1 rings (SSSR count). The summed E-state index contributed by atoms with van der Waals surface area (Å²) < 4.78 is 0. The van der Waals surface area contributed by atoms with Crippen LogP contribution in [0, 0.1) is 12.3 Å². The van der Waals surface area contributed by atoms with Crippen molar-refractivity contribution < 1.29 is 5.11 Å². The first-order chi connectivity index (χ1) is 6.77. The van der Waals surface area contributed by atoms with Gasteiger partial charge >= 0.3 is 0 Å². The summed E-state index contributed by atoms with van der Waals surface area (Å²) in [6.07, 6.45) is 5.26. The fourth-order valence-corrected chi connectivity index (χ4v) is 1.29. The average molecular weight is 189 g/mol.